The van der Waals surface area contributed by atoms with E-state index in [2.05, 4.69) is 72.3 Å². The van der Waals surface area contributed by atoms with Crippen LogP contribution in [0.5, 0.6) is 5.75 Å². The number of aryl methyl sites for hydroxylation is 1. The summed E-state index contributed by atoms with van der Waals surface area (Å²) in [5, 5.41) is 9.37. The number of nitrogens with one attached hydrogen (secondary N) is 1. The van der Waals surface area contributed by atoms with Gasteiger partial charge in [0.25, 0.3) is 0 Å². The summed E-state index contributed by atoms with van der Waals surface area (Å²) < 4.78 is 8.31. The second-order valence-electron chi connectivity index (χ2n) is 11.3. The van der Waals surface area contributed by atoms with E-state index in [0.29, 0.717) is 15.9 Å². The number of hydrogen-bond acceptors (Lipinski definition) is 5. The van der Waals surface area contributed by atoms with Crippen molar-refractivity contribution in [2.24, 2.45) is 10.4 Å². The first-order valence-electron chi connectivity index (χ1n) is 13.2. The maximum Gasteiger partial charge on any atom is 0.215 e. The highest BCUT2D eigenvalue weighted by Gasteiger charge is 2.51. The van der Waals surface area contributed by atoms with Crippen LogP contribution in [-0.2, 0) is 0 Å². The molecule has 1 saturated heterocycles. The van der Waals surface area contributed by atoms with Crippen LogP contribution in [0.1, 0.15) is 64.7 Å². The zero-order valence-corrected chi connectivity index (χ0v) is 24.0. The summed E-state index contributed by atoms with van der Waals surface area (Å²) >= 11 is 12.1. The van der Waals surface area contributed by atoms with Gasteiger partial charge in [-0.25, -0.2) is 9.67 Å². The molecule has 0 amide bonds. The van der Waals surface area contributed by atoms with Gasteiger partial charge in [0.05, 0.1) is 0 Å². The van der Waals surface area contributed by atoms with Gasteiger partial charge in [0, 0.05) is 10.7 Å². The molecule has 2 aromatic carbocycles. The number of amidine groups is 1. The van der Waals surface area contributed by atoms with Gasteiger partial charge < -0.3 is 15.0 Å². The molecule has 2 atom stereocenters. The summed E-state index contributed by atoms with van der Waals surface area (Å²) in [6.45, 7) is 8.67. The first-order valence-corrected chi connectivity index (χ1v) is 14.0. The number of aromatic nitrogens is 3. The van der Waals surface area contributed by atoms with Crippen LogP contribution in [-0.4, -0.2) is 37.3 Å². The number of para-hydroxylation sites is 1. The van der Waals surface area contributed by atoms with Gasteiger partial charge >= 0.3 is 0 Å². The molecule has 3 aromatic rings. The molecule has 2 heterocycles. The summed E-state index contributed by atoms with van der Waals surface area (Å²) in [5.74, 6) is 1.60. The molecule has 2 fully saturated rings. The second-order valence-corrected chi connectivity index (χ2v) is 12.1. The lowest BCUT2D eigenvalue weighted by molar-refractivity contribution is 0.0469. The van der Waals surface area contributed by atoms with Crippen molar-refractivity contribution in [2.45, 2.75) is 77.6 Å². The Labute approximate surface area is 235 Å². The predicted molar refractivity (Wildman–Crippen MR) is 157 cm³/mol. The molecular formula is C29H35ClN6OS. The third-order valence-electron chi connectivity index (χ3n) is 7.53. The summed E-state index contributed by atoms with van der Waals surface area (Å²) in [6.07, 6.45) is 8.10. The van der Waals surface area contributed by atoms with Gasteiger partial charge in [-0.3, -0.25) is 4.99 Å². The van der Waals surface area contributed by atoms with Crippen molar-refractivity contribution in [1.82, 2.24) is 20.1 Å². The number of benzene rings is 2. The van der Waals surface area contributed by atoms with Gasteiger partial charge in [0.2, 0.25) is 6.23 Å². The molecule has 38 heavy (non-hydrogen) atoms. The Morgan fingerprint density at radius 1 is 1.08 bits per heavy atom. The van der Waals surface area contributed by atoms with Gasteiger partial charge in [-0.1, -0.05) is 69.8 Å². The Hall–Kier alpha value is -2.97. The fourth-order valence-corrected chi connectivity index (χ4v) is 6.06. The number of anilines is 1. The molecule has 0 bridgehead atoms. The zero-order chi connectivity index (χ0) is 26.9. The van der Waals surface area contributed by atoms with Crippen LogP contribution in [0, 0.1) is 12.3 Å². The second kappa shape index (κ2) is 10.7. The van der Waals surface area contributed by atoms with E-state index in [4.69, 9.17) is 33.5 Å². The molecule has 1 spiro atoms. The highest BCUT2D eigenvalue weighted by Crippen LogP contribution is 2.43. The van der Waals surface area contributed by atoms with E-state index >= 15 is 0 Å². The Bertz CT molecular complexity index is 1300. The minimum absolute atomic E-state index is 0.273. The van der Waals surface area contributed by atoms with E-state index in [9.17, 15) is 0 Å². The normalized spacial score (nSPS) is 20.0. The van der Waals surface area contributed by atoms with Crippen molar-refractivity contribution in [2.75, 3.05) is 4.90 Å². The molecule has 7 nitrogen and oxygen atoms in total. The van der Waals surface area contributed by atoms with Crippen molar-refractivity contribution in [3.05, 3.63) is 71.8 Å². The molecule has 5 rings (SSSR count). The molecule has 2 aliphatic rings. The molecule has 9 heteroatoms. The van der Waals surface area contributed by atoms with Crippen LogP contribution in [0.25, 0.3) is 0 Å². The van der Waals surface area contributed by atoms with Crippen LogP contribution in [0.4, 0.5) is 5.69 Å². The third-order valence-corrected chi connectivity index (χ3v) is 8.06. The number of rotatable bonds is 6. The lowest BCUT2D eigenvalue weighted by atomic mass is 9.79. The fraction of sp³-hybridized carbons (Fsp3) is 0.448. The SMILES string of the molecule is Cc1ccccc1N1C(=S)NC(=N[C@H]([C@@H](Oc2ccc(Cl)cc2)n2cncn2)C(C)(C)C)C12CCCCC2. The standard InChI is InChI=1S/C29H35ClN6OS/c1-20-10-6-7-11-23(20)36-27(38)34-26(29(36)16-8-5-9-17-29)33-24(28(2,3)4)25(35-19-31-18-32-35)37-22-14-12-21(30)13-15-22/h6-7,10-15,18-19,24-25H,5,8-9,16-17H2,1-4H3,(H,33,34,38)/t24-,25-/m1/s1. The van der Waals surface area contributed by atoms with E-state index in [0.717, 1.165) is 37.2 Å². The highest BCUT2D eigenvalue weighted by molar-refractivity contribution is 7.80. The smallest absolute Gasteiger partial charge is 0.215 e. The average molecular weight is 551 g/mol. The number of nitrogens with zero attached hydrogens (tertiary/aromatic N) is 5. The molecular weight excluding hydrogens is 516 g/mol. The zero-order valence-electron chi connectivity index (χ0n) is 22.4. The maximum absolute atomic E-state index is 6.57. The Morgan fingerprint density at radius 3 is 2.42 bits per heavy atom. The van der Waals surface area contributed by atoms with E-state index in [1.807, 2.05) is 24.3 Å². The van der Waals surface area contributed by atoms with Gasteiger partial charge in [0.15, 0.2) is 5.11 Å². The van der Waals surface area contributed by atoms with Crippen molar-refractivity contribution < 1.29 is 4.74 Å². The number of halogens is 1. The summed E-state index contributed by atoms with van der Waals surface area (Å²) in [6, 6.07) is 15.5. The molecule has 200 valence electrons. The summed E-state index contributed by atoms with van der Waals surface area (Å²) in [7, 11) is 0. The molecule has 0 unspecified atom stereocenters. The van der Waals surface area contributed by atoms with Crippen molar-refractivity contribution >= 4 is 40.5 Å². The van der Waals surface area contributed by atoms with Gasteiger partial charge in [0.1, 0.15) is 35.8 Å². The van der Waals surface area contributed by atoms with E-state index in [-0.39, 0.29) is 17.0 Å². The minimum atomic E-state index is -0.533. The van der Waals surface area contributed by atoms with Crippen LogP contribution >= 0.6 is 23.8 Å². The van der Waals surface area contributed by atoms with Crippen LogP contribution in [0.15, 0.2) is 66.2 Å². The number of thiocarbonyl (C=S) groups is 1. The van der Waals surface area contributed by atoms with Gasteiger partial charge in [-0.05, 0) is 73.3 Å². The van der Waals surface area contributed by atoms with Gasteiger partial charge in [-0.15, -0.1) is 0 Å². The summed E-state index contributed by atoms with van der Waals surface area (Å²) in [5.41, 5.74) is 1.74. The Morgan fingerprint density at radius 2 is 1.79 bits per heavy atom. The van der Waals surface area contributed by atoms with Crippen LogP contribution in [0.2, 0.25) is 5.02 Å². The molecule has 0 radical (unpaired) electrons. The van der Waals surface area contributed by atoms with Crippen molar-refractivity contribution in [3.63, 3.8) is 0 Å². The molecule has 1 aromatic heterocycles. The average Bonchev–Trinajstić information content (AvgIpc) is 3.50. The quantitative estimate of drug-likeness (QED) is 0.343. The number of hydrogen-bond donors (Lipinski definition) is 1. The van der Waals surface area contributed by atoms with Crippen molar-refractivity contribution in [3.8, 4) is 5.75 Å². The first-order chi connectivity index (χ1) is 18.2. The van der Waals surface area contributed by atoms with Crippen molar-refractivity contribution in [1.29, 1.82) is 0 Å². The predicted octanol–water partition coefficient (Wildman–Crippen LogP) is 6.73. The number of aliphatic imine (C=N–C) groups is 1. The van der Waals surface area contributed by atoms with E-state index in [1.165, 1.54) is 18.3 Å². The van der Waals surface area contributed by atoms with Gasteiger partial charge in [-0.2, -0.15) is 5.10 Å². The lowest BCUT2D eigenvalue weighted by Gasteiger charge is -2.42. The first kappa shape index (κ1) is 26.6. The molecule has 1 aliphatic heterocycles. The topological polar surface area (TPSA) is 67.6 Å². The minimum Gasteiger partial charge on any atom is -0.466 e. The molecule has 1 aliphatic carbocycles. The number of ether oxygens (including phenoxy) is 1. The fourth-order valence-electron chi connectivity index (χ4n) is 5.57. The molecule has 1 N–H and O–H groups in total. The monoisotopic (exact) mass is 550 g/mol. The summed E-state index contributed by atoms with van der Waals surface area (Å²) in [4.78, 5) is 12.0. The van der Waals surface area contributed by atoms with E-state index < -0.39 is 6.23 Å². The van der Waals surface area contributed by atoms with E-state index in [1.54, 1.807) is 11.0 Å². The third kappa shape index (κ3) is 5.16. The largest absolute Gasteiger partial charge is 0.466 e. The molecule has 1 saturated carbocycles. The van der Waals surface area contributed by atoms with Crippen LogP contribution in [0.3, 0.4) is 0 Å². The lowest BCUT2D eigenvalue weighted by Crippen LogP contribution is -2.52. The Kier molecular flexibility index (Phi) is 7.47. The maximum atomic E-state index is 6.57. The van der Waals surface area contributed by atoms with Crippen LogP contribution < -0.4 is 15.0 Å². The highest BCUT2D eigenvalue weighted by atomic mass is 35.5. The Balaban J connectivity index is 1.61.